The number of nitro groups is 1. The van der Waals surface area contributed by atoms with Crippen LogP contribution >= 0.6 is 11.6 Å². The first-order valence-electron chi connectivity index (χ1n) is 8.68. The molecule has 11 nitrogen and oxygen atoms in total. The van der Waals surface area contributed by atoms with Crippen molar-refractivity contribution >= 4 is 44.0 Å². The van der Waals surface area contributed by atoms with Crippen molar-refractivity contribution < 1.29 is 40.8 Å². The van der Waals surface area contributed by atoms with Crippen LogP contribution in [0.3, 0.4) is 0 Å². The Bertz CT molecular complexity index is 1090. The summed E-state index contributed by atoms with van der Waals surface area (Å²) in [5.74, 6) is -1.11. The van der Waals surface area contributed by atoms with Gasteiger partial charge in [-0.15, -0.1) is 21.8 Å². The van der Waals surface area contributed by atoms with Gasteiger partial charge in [-0.1, -0.05) is 0 Å². The van der Waals surface area contributed by atoms with Crippen molar-refractivity contribution in [2.24, 2.45) is 10.2 Å². The largest absolute Gasteiger partial charge is 0.487 e. The Balaban J connectivity index is 2.12. The van der Waals surface area contributed by atoms with Gasteiger partial charge in [-0.3, -0.25) is 14.9 Å². The first kappa shape index (κ1) is 25.5. The van der Waals surface area contributed by atoms with Crippen molar-refractivity contribution in [3.05, 3.63) is 28.3 Å². The average molecular weight is 501 g/mol. The molecule has 1 heterocycles. The Morgan fingerprint density at radius 1 is 1.34 bits per heavy atom. The average Bonchev–Trinajstić information content (AvgIpc) is 2.99. The van der Waals surface area contributed by atoms with Crippen LogP contribution in [0.5, 0.6) is 11.5 Å². The lowest BCUT2D eigenvalue weighted by molar-refractivity contribution is -0.385. The molecule has 0 aliphatic carbocycles. The smallest absolute Gasteiger partial charge is 0.433 e. The van der Waals surface area contributed by atoms with Gasteiger partial charge in [0.05, 0.1) is 11.5 Å². The summed E-state index contributed by atoms with van der Waals surface area (Å²) in [4.78, 5) is 19.7. The summed E-state index contributed by atoms with van der Waals surface area (Å²) in [6, 6.07) is 3.09. The zero-order valence-corrected chi connectivity index (χ0v) is 18.0. The second-order valence-corrected chi connectivity index (χ2v) is 9.00. The van der Waals surface area contributed by atoms with Gasteiger partial charge in [0.15, 0.2) is 10.6 Å². The van der Waals surface area contributed by atoms with E-state index < -0.39 is 54.8 Å². The zero-order valence-electron chi connectivity index (χ0n) is 16.5. The van der Waals surface area contributed by atoms with E-state index in [1.165, 1.54) is 0 Å². The minimum atomic E-state index is -4.85. The molecule has 0 amide bonds. The molecule has 16 heteroatoms. The number of nitro benzene ring substituents is 1. The van der Waals surface area contributed by atoms with Crippen LogP contribution in [0, 0.1) is 10.1 Å². The topological polar surface area (TPSA) is 150 Å². The van der Waals surface area contributed by atoms with Crippen LogP contribution in [-0.2, 0) is 14.8 Å². The van der Waals surface area contributed by atoms with Crippen molar-refractivity contribution in [3.63, 3.8) is 0 Å². The van der Waals surface area contributed by atoms with E-state index in [0.717, 1.165) is 32.2 Å². The van der Waals surface area contributed by atoms with E-state index in [9.17, 15) is 36.5 Å². The Hall–Kier alpha value is -2.78. The summed E-state index contributed by atoms with van der Waals surface area (Å²) in [6.07, 6.45) is -5.35. The van der Waals surface area contributed by atoms with E-state index in [0.29, 0.717) is 0 Å². The number of ether oxygens (including phenoxy) is 2. The predicted molar refractivity (Wildman–Crippen MR) is 107 cm³/mol. The molecule has 0 fully saturated rings. The molecular weight excluding hydrogens is 485 g/mol. The number of nitrogens with zero attached hydrogens (tertiary/aromatic N) is 3. The number of carbonyl (C=O) groups is 1. The van der Waals surface area contributed by atoms with Gasteiger partial charge in [-0.2, -0.15) is 13.2 Å². The highest BCUT2D eigenvalue weighted by Gasteiger charge is 2.54. The molecule has 0 bridgehead atoms. The van der Waals surface area contributed by atoms with Gasteiger partial charge in [-0.05, 0) is 26.5 Å². The summed E-state index contributed by atoms with van der Waals surface area (Å²) >= 11 is 5.90. The number of benzene rings is 1. The third kappa shape index (κ3) is 5.72. The van der Waals surface area contributed by atoms with Crippen molar-refractivity contribution in [1.29, 1.82) is 0 Å². The lowest BCUT2D eigenvalue weighted by atomic mass is 10.1. The van der Waals surface area contributed by atoms with Crippen LogP contribution in [-0.4, -0.2) is 54.8 Å². The predicted octanol–water partition coefficient (Wildman–Crippen LogP) is 2.54. The molecule has 0 spiro atoms. The van der Waals surface area contributed by atoms with E-state index in [2.05, 4.69) is 10.2 Å². The minimum Gasteiger partial charge on any atom is -0.487 e. The number of alkyl halides is 4. The highest BCUT2D eigenvalue weighted by atomic mass is 35.5. The number of halogens is 4. The molecule has 1 aromatic rings. The molecule has 2 rings (SSSR count). The van der Waals surface area contributed by atoms with Gasteiger partial charge in [0, 0.05) is 18.6 Å². The molecule has 0 aromatic heterocycles. The molecule has 1 unspecified atom stereocenters. The molecule has 1 aliphatic rings. The lowest BCUT2D eigenvalue weighted by Gasteiger charge is -2.21. The van der Waals surface area contributed by atoms with Gasteiger partial charge in [0.2, 0.25) is 11.6 Å². The molecule has 0 saturated heterocycles. The molecule has 1 atom stereocenters. The molecule has 32 heavy (non-hydrogen) atoms. The van der Waals surface area contributed by atoms with E-state index in [4.69, 9.17) is 21.1 Å². The van der Waals surface area contributed by atoms with Crippen LogP contribution < -0.4 is 14.2 Å². The normalized spacial score (nSPS) is 18.7. The van der Waals surface area contributed by atoms with Crippen molar-refractivity contribution in [3.8, 4) is 11.5 Å². The van der Waals surface area contributed by atoms with Gasteiger partial charge < -0.3 is 9.47 Å². The second-order valence-electron chi connectivity index (χ2n) is 6.37. The first-order chi connectivity index (χ1) is 14.7. The zero-order chi connectivity index (χ0) is 24.3. The molecule has 176 valence electrons. The fourth-order valence-corrected chi connectivity index (χ4v) is 3.27. The monoisotopic (exact) mass is 500 g/mol. The Kier molecular flexibility index (Phi) is 7.47. The maximum atomic E-state index is 13.0. The maximum absolute atomic E-state index is 13.0. The summed E-state index contributed by atoms with van der Waals surface area (Å²) < 4.78 is 74.0. The minimum absolute atomic E-state index is 0.0861. The van der Waals surface area contributed by atoms with Gasteiger partial charge in [0.1, 0.15) is 5.75 Å². The van der Waals surface area contributed by atoms with Crippen LogP contribution in [0.25, 0.3) is 0 Å². The standard InChI is InChI=1S/C16H16ClF3N4O7S/c1-15(17)13(16(18,19)20)22-23-14(15)31-9-5-6-10(24(26)27)11(8-9)30-7-3-4-12(25)32(28,29)21-2/h5-6,8,21H,3-4,7H2,1-2H3. The maximum Gasteiger partial charge on any atom is 0.433 e. The van der Waals surface area contributed by atoms with Crippen molar-refractivity contribution in [1.82, 2.24) is 4.72 Å². The van der Waals surface area contributed by atoms with Crippen molar-refractivity contribution in [2.45, 2.75) is 30.8 Å². The summed E-state index contributed by atoms with van der Waals surface area (Å²) in [5.41, 5.74) is -1.89. The van der Waals surface area contributed by atoms with Gasteiger partial charge in [0.25, 0.3) is 15.1 Å². The molecule has 1 aliphatic heterocycles. The fraction of sp³-hybridized carbons (Fsp3) is 0.438. The van der Waals surface area contributed by atoms with Gasteiger partial charge in [-0.25, -0.2) is 13.1 Å². The lowest BCUT2D eigenvalue weighted by Crippen LogP contribution is -2.45. The first-order valence-corrected chi connectivity index (χ1v) is 10.5. The summed E-state index contributed by atoms with van der Waals surface area (Å²) in [6.45, 7) is 0.705. The number of nitrogens with one attached hydrogen (secondary N) is 1. The van der Waals surface area contributed by atoms with E-state index >= 15 is 0 Å². The number of rotatable bonds is 8. The summed E-state index contributed by atoms with van der Waals surface area (Å²) in [5, 5.41) is 16.4. The Labute approximate surface area is 184 Å². The fourth-order valence-electron chi connectivity index (χ4n) is 2.41. The van der Waals surface area contributed by atoms with Crippen LogP contribution in [0.4, 0.5) is 18.9 Å². The summed E-state index contributed by atoms with van der Waals surface area (Å²) in [7, 11) is -3.03. The van der Waals surface area contributed by atoms with E-state index in [1.54, 1.807) is 0 Å². The third-order valence-corrected chi connectivity index (χ3v) is 5.73. The van der Waals surface area contributed by atoms with E-state index in [-0.39, 0.29) is 24.5 Å². The van der Waals surface area contributed by atoms with Crippen LogP contribution in [0.2, 0.25) is 0 Å². The Morgan fingerprint density at radius 2 is 2.00 bits per heavy atom. The molecule has 0 radical (unpaired) electrons. The van der Waals surface area contributed by atoms with Gasteiger partial charge >= 0.3 is 11.9 Å². The number of sulfonamides is 1. The van der Waals surface area contributed by atoms with E-state index in [1.807, 2.05) is 4.72 Å². The van der Waals surface area contributed by atoms with Crippen LogP contribution in [0.15, 0.2) is 28.4 Å². The highest BCUT2D eigenvalue weighted by molar-refractivity contribution is 8.04. The molecular formula is C16H16ClF3N4O7S. The van der Waals surface area contributed by atoms with Crippen molar-refractivity contribution in [2.75, 3.05) is 13.7 Å². The quantitative estimate of drug-likeness (QED) is 0.249. The molecule has 1 N–H and O–H groups in total. The number of hydrogen-bond acceptors (Lipinski definition) is 9. The number of carbonyl (C=O) groups excluding carboxylic acids is 1. The highest BCUT2D eigenvalue weighted by Crippen LogP contribution is 2.37. The molecule has 0 saturated carbocycles. The molecule has 1 aromatic carbocycles. The second kappa shape index (κ2) is 9.38. The number of hydrogen-bond donors (Lipinski definition) is 1. The third-order valence-electron chi connectivity index (χ3n) is 4.05. The van der Waals surface area contributed by atoms with Crippen LogP contribution in [0.1, 0.15) is 19.8 Å². The Morgan fingerprint density at radius 3 is 2.53 bits per heavy atom. The SMILES string of the molecule is CNS(=O)(=O)C(=O)CCCOc1cc(OC2=NN=C(C(F)(F)F)C2(C)Cl)ccc1[N+](=O)[O-].